The Kier molecular flexibility index (Phi) is 6.37. The molecule has 0 radical (unpaired) electrons. The van der Waals surface area contributed by atoms with Crippen molar-refractivity contribution >= 4 is 35.2 Å². The zero-order chi connectivity index (χ0) is 15.9. The Morgan fingerprint density at radius 3 is 2.64 bits per heavy atom. The summed E-state index contributed by atoms with van der Waals surface area (Å²) in [5.74, 6) is 0. The van der Waals surface area contributed by atoms with Crippen molar-refractivity contribution in [1.29, 1.82) is 0 Å². The van der Waals surface area contributed by atoms with Gasteiger partial charge in [0, 0.05) is 17.0 Å². The molecule has 0 saturated heterocycles. The van der Waals surface area contributed by atoms with Crippen LogP contribution in [0.25, 0.3) is 11.3 Å². The van der Waals surface area contributed by atoms with Gasteiger partial charge in [0.15, 0.2) is 3.95 Å². The van der Waals surface area contributed by atoms with Gasteiger partial charge in [-0.1, -0.05) is 60.2 Å². The first kappa shape index (κ1) is 16.9. The van der Waals surface area contributed by atoms with E-state index in [1.807, 2.05) is 50.3 Å². The molecule has 2 aromatic rings. The Morgan fingerprint density at radius 1 is 1.27 bits per heavy atom. The minimum atomic E-state index is 0.734. The Labute approximate surface area is 145 Å². The average Bonchev–Trinajstić information content (AvgIpc) is 2.87. The normalized spacial score (nSPS) is 13.0. The van der Waals surface area contributed by atoms with Gasteiger partial charge in [-0.15, -0.1) is 11.3 Å². The number of benzene rings is 1. The summed E-state index contributed by atoms with van der Waals surface area (Å²) in [4.78, 5) is 0. The maximum absolute atomic E-state index is 5.93. The molecule has 2 rings (SSSR count). The number of hydrogen-bond donors (Lipinski definition) is 0. The fraction of sp³-hybridized carbons (Fsp3) is 0.167. The number of halogens is 1. The van der Waals surface area contributed by atoms with Gasteiger partial charge in [-0.25, -0.2) is 0 Å². The van der Waals surface area contributed by atoms with E-state index in [0.29, 0.717) is 0 Å². The number of aromatic nitrogens is 1. The van der Waals surface area contributed by atoms with E-state index in [4.69, 9.17) is 23.8 Å². The van der Waals surface area contributed by atoms with Crippen LogP contribution in [-0.4, -0.2) is 4.57 Å². The predicted molar refractivity (Wildman–Crippen MR) is 101 cm³/mol. The Bertz CT molecular complexity index is 760. The maximum Gasteiger partial charge on any atom is 0.161 e. The molecule has 0 aliphatic rings. The molecule has 1 aromatic heterocycles. The first-order chi connectivity index (χ1) is 10.6. The van der Waals surface area contributed by atoms with Gasteiger partial charge in [0.1, 0.15) is 0 Å². The summed E-state index contributed by atoms with van der Waals surface area (Å²) in [7, 11) is 0. The molecule has 1 aromatic carbocycles. The minimum absolute atomic E-state index is 0.734. The van der Waals surface area contributed by atoms with Crippen molar-refractivity contribution < 1.29 is 0 Å². The van der Waals surface area contributed by atoms with Crippen LogP contribution in [0.4, 0.5) is 0 Å². The van der Waals surface area contributed by atoms with E-state index in [1.165, 1.54) is 5.56 Å². The van der Waals surface area contributed by atoms with Crippen molar-refractivity contribution in [3.63, 3.8) is 0 Å². The molecular weight excluding hydrogens is 330 g/mol. The van der Waals surface area contributed by atoms with Crippen molar-refractivity contribution in [2.24, 2.45) is 0 Å². The van der Waals surface area contributed by atoms with Crippen molar-refractivity contribution in [2.75, 3.05) is 0 Å². The lowest BCUT2D eigenvalue weighted by molar-refractivity contribution is 0.808. The highest BCUT2D eigenvalue weighted by atomic mass is 35.5. The van der Waals surface area contributed by atoms with Gasteiger partial charge in [0.25, 0.3) is 0 Å². The predicted octanol–water partition coefficient (Wildman–Crippen LogP) is 6.59. The van der Waals surface area contributed by atoms with Gasteiger partial charge < -0.3 is 4.57 Å². The summed E-state index contributed by atoms with van der Waals surface area (Å²) in [6, 6.07) is 10.3. The number of hydrogen-bond acceptors (Lipinski definition) is 2. The van der Waals surface area contributed by atoms with Crippen LogP contribution in [0.3, 0.4) is 0 Å². The minimum Gasteiger partial charge on any atom is -0.318 e. The summed E-state index contributed by atoms with van der Waals surface area (Å²) >= 11 is 13.0. The van der Waals surface area contributed by atoms with Gasteiger partial charge in [-0.2, -0.15) is 0 Å². The smallest absolute Gasteiger partial charge is 0.161 e. The van der Waals surface area contributed by atoms with Gasteiger partial charge in [-0.05, 0) is 43.3 Å². The monoisotopic (exact) mass is 347 g/mol. The highest BCUT2D eigenvalue weighted by Crippen LogP contribution is 2.25. The van der Waals surface area contributed by atoms with Crippen molar-refractivity contribution in [1.82, 2.24) is 4.57 Å². The van der Waals surface area contributed by atoms with Crippen LogP contribution >= 0.6 is 35.2 Å². The summed E-state index contributed by atoms with van der Waals surface area (Å²) in [5.41, 5.74) is 3.49. The van der Waals surface area contributed by atoms with E-state index < -0.39 is 0 Å². The van der Waals surface area contributed by atoms with Gasteiger partial charge >= 0.3 is 0 Å². The van der Waals surface area contributed by atoms with Crippen LogP contribution in [0.15, 0.2) is 70.6 Å². The van der Waals surface area contributed by atoms with E-state index in [2.05, 4.69) is 28.2 Å². The standard InChI is InChI=1S/C18H18ClNS2/c1-3-7-15(11-10-14(2)19)12-20-17(13-22-18(20)21)16-8-5-4-6-9-16/h3-11,13H,12H2,1-2H3/b7-3-,14-10+,15-11+. The van der Waals surface area contributed by atoms with Crippen LogP contribution < -0.4 is 0 Å². The molecule has 0 aliphatic carbocycles. The highest BCUT2D eigenvalue weighted by Gasteiger charge is 2.07. The number of thiazole rings is 1. The fourth-order valence-corrected chi connectivity index (χ4v) is 3.23. The van der Waals surface area contributed by atoms with E-state index in [1.54, 1.807) is 11.3 Å². The molecule has 0 saturated carbocycles. The molecule has 114 valence electrons. The molecule has 1 heterocycles. The molecule has 0 aliphatic heterocycles. The third kappa shape index (κ3) is 4.54. The highest BCUT2D eigenvalue weighted by molar-refractivity contribution is 7.73. The van der Waals surface area contributed by atoms with Crippen LogP contribution in [-0.2, 0) is 6.54 Å². The molecule has 0 amide bonds. The van der Waals surface area contributed by atoms with Gasteiger partial charge in [0.05, 0.1) is 5.69 Å². The lowest BCUT2D eigenvalue weighted by Gasteiger charge is -2.09. The first-order valence-electron chi connectivity index (χ1n) is 7.01. The molecule has 0 bridgehead atoms. The summed E-state index contributed by atoms with van der Waals surface area (Å²) in [5, 5.41) is 2.88. The fourth-order valence-electron chi connectivity index (χ4n) is 2.09. The largest absolute Gasteiger partial charge is 0.318 e. The first-order valence-corrected chi connectivity index (χ1v) is 8.68. The van der Waals surface area contributed by atoms with E-state index >= 15 is 0 Å². The lowest BCUT2D eigenvalue weighted by Crippen LogP contribution is -2.01. The summed E-state index contributed by atoms with van der Waals surface area (Å²) in [6.45, 7) is 4.62. The van der Waals surface area contributed by atoms with E-state index in [0.717, 1.165) is 26.8 Å². The molecule has 4 heteroatoms. The van der Waals surface area contributed by atoms with Crippen LogP contribution in [0.1, 0.15) is 13.8 Å². The zero-order valence-corrected chi connectivity index (χ0v) is 15.0. The quantitative estimate of drug-likeness (QED) is 0.436. The second-order valence-electron chi connectivity index (χ2n) is 4.83. The Balaban J connectivity index is 2.41. The van der Waals surface area contributed by atoms with Crippen molar-refractivity contribution in [2.45, 2.75) is 20.4 Å². The third-order valence-corrected chi connectivity index (χ3v) is 4.50. The Morgan fingerprint density at radius 2 is 2.00 bits per heavy atom. The number of allylic oxidation sites excluding steroid dienone is 6. The van der Waals surface area contributed by atoms with Crippen LogP contribution in [0, 0.1) is 3.95 Å². The molecule has 0 N–H and O–H groups in total. The molecule has 22 heavy (non-hydrogen) atoms. The molecule has 0 fully saturated rings. The van der Waals surface area contributed by atoms with Gasteiger partial charge in [-0.3, -0.25) is 0 Å². The third-order valence-electron chi connectivity index (χ3n) is 3.10. The second kappa shape index (κ2) is 8.28. The average molecular weight is 348 g/mol. The molecule has 1 nitrogen and oxygen atoms in total. The summed E-state index contributed by atoms with van der Waals surface area (Å²) < 4.78 is 3.04. The summed E-state index contributed by atoms with van der Waals surface area (Å²) in [6.07, 6.45) is 8.07. The number of rotatable bonds is 5. The van der Waals surface area contributed by atoms with Crippen LogP contribution in [0.2, 0.25) is 0 Å². The van der Waals surface area contributed by atoms with Crippen LogP contribution in [0.5, 0.6) is 0 Å². The zero-order valence-electron chi connectivity index (χ0n) is 12.6. The van der Waals surface area contributed by atoms with Crippen molar-refractivity contribution in [3.05, 3.63) is 74.6 Å². The van der Waals surface area contributed by atoms with Gasteiger partial charge in [0.2, 0.25) is 0 Å². The number of nitrogens with zero attached hydrogens (tertiary/aromatic N) is 1. The second-order valence-corrected chi connectivity index (χ2v) is 6.93. The molecule has 0 unspecified atom stereocenters. The van der Waals surface area contributed by atoms with E-state index in [-0.39, 0.29) is 0 Å². The Hall–Kier alpha value is -1.42. The lowest BCUT2D eigenvalue weighted by atomic mass is 10.1. The SMILES string of the molecule is C\C=C/C(=C\C=C(/C)Cl)Cn1c(-c2ccccc2)csc1=S. The van der Waals surface area contributed by atoms with E-state index in [9.17, 15) is 0 Å². The van der Waals surface area contributed by atoms with Crippen molar-refractivity contribution in [3.8, 4) is 11.3 Å². The topological polar surface area (TPSA) is 4.93 Å². The molecule has 0 spiro atoms. The molecule has 0 atom stereocenters. The maximum atomic E-state index is 5.93. The molecular formula is C18H18ClNS2.